The molecule has 1 saturated heterocycles. The number of hydrogen-bond donors (Lipinski definition) is 1. The zero-order valence-corrected chi connectivity index (χ0v) is 14.6. The highest BCUT2D eigenvalue weighted by Gasteiger charge is 2.47. The van der Waals surface area contributed by atoms with Crippen LogP contribution in [0.1, 0.15) is 51.9 Å². The maximum Gasteiger partial charge on any atom is 0.328 e. The third-order valence-corrected chi connectivity index (χ3v) is 5.93. The molecular formula is C18H28N2O4. The Labute approximate surface area is 143 Å². The second-order valence-corrected chi connectivity index (χ2v) is 7.55. The molecule has 1 aliphatic heterocycles. The minimum absolute atomic E-state index is 0.0380. The monoisotopic (exact) mass is 336 g/mol. The molecule has 0 radical (unpaired) electrons. The van der Waals surface area contributed by atoms with Crippen molar-refractivity contribution in [2.75, 3.05) is 13.7 Å². The summed E-state index contributed by atoms with van der Waals surface area (Å²) in [6.45, 7) is 2.41. The number of ether oxygens (including phenoxy) is 1. The number of rotatable bonds is 5. The zero-order chi connectivity index (χ0) is 17.3. The van der Waals surface area contributed by atoms with Gasteiger partial charge in [0.15, 0.2) is 0 Å². The lowest BCUT2D eigenvalue weighted by Crippen LogP contribution is -2.47. The summed E-state index contributed by atoms with van der Waals surface area (Å²) in [4.78, 5) is 38.5. The molecule has 0 spiro atoms. The van der Waals surface area contributed by atoms with Crippen molar-refractivity contribution in [3.63, 3.8) is 0 Å². The van der Waals surface area contributed by atoms with Gasteiger partial charge in [-0.25, -0.2) is 4.79 Å². The average Bonchev–Trinajstić information content (AvgIpc) is 3.19. The van der Waals surface area contributed by atoms with E-state index in [1.54, 1.807) is 4.90 Å². The lowest BCUT2D eigenvalue weighted by Gasteiger charge is -2.33. The maximum absolute atomic E-state index is 12.7. The van der Waals surface area contributed by atoms with Gasteiger partial charge < -0.3 is 15.0 Å². The van der Waals surface area contributed by atoms with Gasteiger partial charge in [-0.2, -0.15) is 0 Å². The molecule has 1 heterocycles. The Kier molecular flexibility index (Phi) is 5.11. The molecule has 2 aliphatic carbocycles. The smallest absolute Gasteiger partial charge is 0.328 e. The van der Waals surface area contributed by atoms with Crippen LogP contribution in [0.15, 0.2) is 0 Å². The van der Waals surface area contributed by atoms with Crippen molar-refractivity contribution in [2.45, 2.75) is 64.0 Å². The van der Waals surface area contributed by atoms with Crippen molar-refractivity contribution >= 4 is 17.8 Å². The van der Waals surface area contributed by atoms with Crippen LogP contribution >= 0.6 is 0 Å². The largest absolute Gasteiger partial charge is 0.467 e. The molecule has 0 aromatic carbocycles. The fraction of sp³-hybridized carbons (Fsp3) is 0.833. The SMILES string of the molecule is COC(=O)[C@@H]1C[C@@H]2CCCC[C@@H]2N1C(=O)CCNC(=O)[C@@H]1C[C@@H]1C. The van der Waals surface area contributed by atoms with E-state index in [0.717, 1.165) is 32.1 Å². The standard InChI is InChI=1S/C18H28N2O4/c1-11-9-13(11)17(22)19-8-7-16(21)20-14-6-4-3-5-12(14)10-15(20)18(23)24-2/h11-15H,3-10H2,1-2H3,(H,19,22)/t11-,12-,13+,14-,15-/m0/s1. The van der Waals surface area contributed by atoms with Crippen molar-refractivity contribution in [3.05, 3.63) is 0 Å². The quantitative estimate of drug-likeness (QED) is 0.772. The van der Waals surface area contributed by atoms with E-state index in [-0.39, 0.29) is 36.2 Å². The highest BCUT2D eigenvalue weighted by atomic mass is 16.5. The van der Waals surface area contributed by atoms with E-state index < -0.39 is 6.04 Å². The Morgan fingerprint density at radius 2 is 1.88 bits per heavy atom. The number of likely N-dealkylation sites (tertiary alicyclic amines) is 1. The van der Waals surface area contributed by atoms with Gasteiger partial charge in [-0.15, -0.1) is 0 Å². The highest BCUT2D eigenvalue weighted by Crippen LogP contribution is 2.40. The lowest BCUT2D eigenvalue weighted by atomic mass is 9.84. The van der Waals surface area contributed by atoms with E-state index in [1.165, 1.54) is 13.5 Å². The minimum atomic E-state index is -0.449. The summed E-state index contributed by atoms with van der Waals surface area (Å²) in [5, 5.41) is 2.86. The first kappa shape index (κ1) is 17.2. The zero-order valence-electron chi connectivity index (χ0n) is 14.6. The molecule has 3 rings (SSSR count). The molecule has 5 atom stereocenters. The van der Waals surface area contributed by atoms with Crippen LogP contribution in [0.2, 0.25) is 0 Å². The van der Waals surface area contributed by atoms with Gasteiger partial charge in [-0.05, 0) is 37.5 Å². The molecule has 0 bridgehead atoms. The number of carbonyl (C=O) groups excluding carboxylic acids is 3. The lowest BCUT2D eigenvalue weighted by molar-refractivity contribution is -0.152. The van der Waals surface area contributed by atoms with Gasteiger partial charge in [-0.1, -0.05) is 19.8 Å². The van der Waals surface area contributed by atoms with E-state index in [9.17, 15) is 14.4 Å². The molecule has 3 aliphatic rings. The summed E-state index contributed by atoms with van der Waals surface area (Å²) in [5.74, 6) is 0.700. The van der Waals surface area contributed by atoms with E-state index in [1.807, 2.05) is 0 Å². The maximum atomic E-state index is 12.7. The Balaban J connectivity index is 1.57. The molecule has 2 saturated carbocycles. The van der Waals surface area contributed by atoms with Gasteiger partial charge in [0.1, 0.15) is 6.04 Å². The molecule has 134 valence electrons. The van der Waals surface area contributed by atoms with Crippen LogP contribution in [0.5, 0.6) is 0 Å². The average molecular weight is 336 g/mol. The van der Waals surface area contributed by atoms with E-state index >= 15 is 0 Å². The second-order valence-electron chi connectivity index (χ2n) is 7.55. The van der Waals surface area contributed by atoms with Gasteiger partial charge >= 0.3 is 5.97 Å². The molecule has 6 nitrogen and oxygen atoms in total. The third kappa shape index (κ3) is 3.42. The van der Waals surface area contributed by atoms with Gasteiger partial charge in [-0.3, -0.25) is 9.59 Å². The van der Waals surface area contributed by atoms with Gasteiger partial charge in [0.25, 0.3) is 0 Å². The Morgan fingerprint density at radius 3 is 2.54 bits per heavy atom. The number of hydrogen-bond acceptors (Lipinski definition) is 4. The van der Waals surface area contributed by atoms with Gasteiger partial charge in [0.2, 0.25) is 11.8 Å². The number of carbonyl (C=O) groups is 3. The molecule has 24 heavy (non-hydrogen) atoms. The van der Waals surface area contributed by atoms with Crippen LogP contribution in [0.25, 0.3) is 0 Å². The first-order valence-corrected chi connectivity index (χ1v) is 9.19. The molecular weight excluding hydrogens is 308 g/mol. The van der Waals surface area contributed by atoms with Crippen LogP contribution in [-0.4, -0.2) is 48.4 Å². The van der Waals surface area contributed by atoms with Crippen molar-refractivity contribution in [2.24, 2.45) is 17.8 Å². The van der Waals surface area contributed by atoms with Crippen LogP contribution in [0.3, 0.4) is 0 Å². The first-order chi connectivity index (χ1) is 11.5. The fourth-order valence-electron chi connectivity index (χ4n) is 4.41. The molecule has 3 fully saturated rings. The number of fused-ring (bicyclic) bond motifs is 1. The molecule has 0 unspecified atom stereocenters. The van der Waals surface area contributed by atoms with Crippen molar-refractivity contribution < 1.29 is 19.1 Å². The molecule has 0 aromatic rings. The van der Waals surface area contributed by atoms with Crippen LogP contribution in [0, 0.1) is 17.8 Å². The molecule has 1 N–H and O–H groups in total. The van der Waals surface area contributed by atoms with Crippen LogP contribution in [-0.2, 0) is 19.1 Å². The number of amides is 2. The number of nitrogens with one attached hydrogen (secondary N) is 1. The Bertz CT molecular complexity index is 521. The van der Waals surface area contributed by atoms with Crippen molar-refractivity contribution in [3.8, 4) is 0 Å². The van der Waals surface area contributed by atoms with Crippen molar-refractivity contribution in [1.29, 1.82) is 0 Å². The predicted molar refractivity (Wildman–Crippen MR) is 87.9 cm³/mol. The Morgan fingerprint density at radius 1 is 1.17 bits per heavy atom. The van der Waals surface area contributed by atoms with Crippen molar-refractivity contribution in [1.82, 2.24) is 10.2 Å². The molecule has 0 aromatic heterocycles. The topological polar surface area (TPSA) is 75.7 Å². The number of esters is 1. The Hall–Kier alpha value is -1.59. The van der Waals surface area contributed by atoms with Gasteiger partial charge in [0, 0.05) is 24.9 Å². The van der Waals surface area contributed by atoms with E-state index in [4.69, 9.17) is 4.74 Å². The molecule has 2 amide bonds. The summed E-state index contributed by atoms with van der Waals surface area (Å²) >= 11 is 0. The summed E-state index contributed by atoms with van der Waals surface area (Å²) in [6, 6.07) is -0.288. The number of nitrogens with zero attached hydrogens (tertiary/aromatic N) is 1. The summed E-state index contributed by atoms with van der Waals surface area (Å²) < 4.78 is 4.91. The fourth-order valence-corrected chi connectivity index (χ4v) is 4.41. The van der Waals surface area contributed by atoms with E-state index in [0.29, 0.717) is 18.4 Å². The van der Waals surface area contributed by atoms with E-state index in [2.05, 4.69) is 12.2 Å². The van der Waals surface area contributed by atoms with Crippen LogP contribution in [0.4, 0.5) is 0 Å². The normalized spacial score (nSPS) is 34.4. The number of methoxy groups -OCH3 is 1. The molecule has 6 heteroatoms. The second kappa shape index (κ2) is 7.11. The summed E-state index contributed by atoms with van der Waals surface area (Å²) in [6.07, 6.45) is 6.24. The third-order valence-electron chi connectivity index (χ3n) is 5.93. The predicted octanol–water partition coefficient (Wildman–Crippen LogP) is 1.48. The van der Waals surface area contributed by atoms with Crippen LogP contribution < -0.4 is 5.32 Å². The van der Waals surface area contributed by atoms with Gasteiger partial charge in [0.05, 0.1) is 7.11 Å². The summed E-state index contributed by atoms with van der Waals surface area (Å²) in [7, 11) is 1.38. The minimum Gasteiger partial charge on any atom is -0.467 e. The first-order valence-electron chi connectivity index (χ1n) is 9.19. The summed E-state index contributed by atoms with van der Waals surface area (Å²) in [5.41, 5.74) is 0. The highest BCUT2D eigenvalue weighted by molar-refractivity contribution is 5.86.